The standard InChI is InChI=1S/C17H14F2N2OS/c1-2-3-16-21-14-7-5-11(9-15(14)23-16)20-17(22)12-8-10(18)4-6-13(12)19/h4-9H,2-3H2,1H3,(H,20,22). The molecule has 0 saturated carbocycles. The van der Waals surface area contributed by atoms with Crippen molar-refractivity contribution in [3.05, 3.63) is 58.6 Å². The lowest BCUT2D eigenvalue weighted by atomic mass is 10.2. The third-order valence-electron chi connectivity index (χ3n) is 3.33. The fraction of sp³-hybridized carbons (Fsp3) is 0.176. The summed E-state index contributed by atoms with van der Waals surface area (Å²) >= 11 is 1.57. The van der Waals surface area contributed by atoms with Gasteiger partial charge in [-0.3, -0.25) is 4.79 Å². The molecule has 6 heteroatoms. The fourth-order valence-electron chi connectivity index (χ4n) is 2.24. The second-order valence-corrected chi connectivity index (χ2v) is 6.23. The first kappa shape index (κ1) is 15.6. The molecule has 0 fully saturated rings. The zero-order valence-electron chi connectivity index (χ0n) is 12.4. The maximum Gasteiger partial charge on any atom is 0.258 e. The van der Waals surface area contributed by atoms with Crippen LogP contribution in [0.1, 0.15) is 28.7 Å². The molecule has 1 amide bonds. The fourth-order valence-corrected chi connectivity index (χ4v) is 3.35. The summed E-state index contributed by atoms with van der Waals surface area (Å²) in [5.41, 5.74) is 1.08. The Labute approximate surface area is 136 Å². The summed E-state index contributed by atoms with van der Waals surface area (Å²) in [5.74, 6) is -2.09. The number of carbonyl (C=O) groups is 1. The average Bonchev–Trinajstić information content (AvgIpc) is 2.91. The molecule has 1 N–H and O–H groups in total. The number of benzene rings is 2. The van der Waals surface area contributed by atoms with Crippen LogP contribution in [-0.2, 0) is 6.42 Å². The summed E-state index contributed by atoms with van der Waals surface area (Å²) in [6.07, 6.45) is 1.93. The van der Waals surface area contributed by atoms with Crippen molar-refractivity contribution in [3.8, 4) is 0 Å². The Kier molecular flexibility index (Phi) is 4.34. The van der Waals surface area contributed by atoms with Crippen LogP contribution in [-0.4, -0.2) is 10.9 Å². The molecule has 0 saturated heterocycles. The lowest BCUT2D eigenvalue weighted by Gasteiger charge is -2.06. The van der Waals surface area contributed by atoms with Crippen LogP contribution in [0.4, 0.5) is 14.5 Å². The van der Waals surface area contributed by atoms with Crippen LogP contribution >= 0.6 is 11.3 Å². The molecule has 1 heterocycles. The molecule has 0 spiro atoms. The molecule has 0 aliphatic heterocycles. The molecule has 2 aromatic carbocycles. The molecule has 0 atom stereocenters. The van der Waals surface area contributed by atoms with E-state index in [9.17, 15) is 13.6 Å². The summed E-state index contributed by atoms with van der Waals surface area (Å²) in [6, 6.07) is 8.10. The highest BCUT2D eigenvalue weighted by Gasteiger charge is 2.13. The van der Waals surface area contributed by atoms with Gasteiger partial charge in [0.2, 0.25) is 0 Å². The van der Waals surface area contributed by atoms with Gasteiger partial charge in [-0.05, 0) is 49.2 Å². The Bertz CT molecular complexity index is 876. The Morgan fingerprint density at radius 3 is 2.83 bits per heavy atom. The van der Waals surface area contributed by atoms with Crippen molar-refractivity contribution in [2.24, 2.45) is 0 Å². The summed E-state index contributed by atoms with van der Waals surface area (Å²) in [7, 11) is 0. The highest BCUT2D eigenvalue weighted by Crippen LogP contribution is 2.26. The van der Waals surface area contributed by atoms with Crippen molar-refractivity contribution in [2.45, 2.75) is 19.8 Å². The van der Waals surface area contributed by atoms with Crippen LogP contribution in [0.2, 0.25) is 0 Å². The molecule has 1 aromatic heterocycles. The molecule has 0 radical (unpaired) electrons. The predicted octanol–water partition coefficient (Wildman–Crippen LogP) is 4.78. The van der Waals surface area contributed by atoms with Gasteiger partial charge in [-0.1, -0.05) is 6.92 Å². The molecule has 118 valence electrons. The number of nitrogens with zero attached hydrogens (tertiary/aromatic N) is 1. The van der Waals surface area contributed by atoms with Crippen LogP contribution < -0.4 is 5.32 Å². The Hall–Kier alpha value is -2.34. The van der Waals surface area contributed by atoms with Crippen LogP contribution in [0.15, 0.2) is 36.4 Å². The van der Waals surface area contributed by atoms with E-state index >= 15 is 0 Å². The van der Waals surface area contributed by atoms with E-state index in [1.807, 2.05) is 6.07 Å². The van der Waals surface area contributed by atoms with Gasteiger partial charge in [0.15, 0.2) is 0 Å². The first-order chi connectivity index (χ1) is 11.1. The number of anilines is 1. The number of aromatic nitrogens is 1. The van der Waals surface area contributed by atoms with Crippen molar-refractivity contribution in [3.63, 3.8) is 0 Å². The molecule has 0 aliphatic rings. The van der Waals surface area contributed by atoms with Gasteiger partial charge in [-0.2, -0.15) is 0 Å². The van der Waals surface area contributed by atoms with E-state index in [4.69, 9.17) is 0 Å². The summed E-state index contributed by atoms with van der Waals surface area (Å²) < 4.78 is 27.8. The van der Waals surface area contributed by atoms with Crippen molar-refractivity contribution < 1.29 is 13.6 Å². The number of carbonyl (C=O) groups excluding carboxylic acids is 1. The van der Waals surface area contributed by atoms with Gasteiger partial charge in [0.1, 0.15) is 11.6 Å². The SMILES string of the molecule is CCCc1nc2ccc(NC(=O)c3cc(F)ccc3F)cc2s1. The highest BCUT2D eigenvalue weighted by molar-refractivity contribution is 7.18. The zero-order valence-corrected chi connectivity index (χ0v) is 13.2. The summed E-state index contributed by atoms with van der Waals surface area (Å²) in [4.78, 5) is 16.6. The number of rotatable bonds is 4. The minimum absolute atomic E-state index is 0.318. The second kappa shape index (κ2) is 6.42. The molecular formula is C17H14F2N2OS. The number of nitrogens with one attached hydrogen (secondary N) is 1. The van der Waals surface area contributed by atoms with E-state index in [-0.39, 0.29) is 5.56 Å². The lowest BCUT2D eigenvalue weighted by Crippen LogP contribution is -2.14. The molecule has 0 bridgehead atoms. The molecule has 3 rings (SSSR count). The zero-order chi connectivity index (χ0) is 16.4. The van der Waals surface area contributed by atoms with E-state index in [1.165, 1.54) is 0 Å². The lowest BCUT2D eigenvalue weighted by molar-refractivity contribution is 0.102. The number of amides is 1. The molecule has 3 aromatic rings. The number of hydrogen-bond acceptors (Lipinski definition) is 3. The Balaban J connectivity index is 1.85. The third kappa shape index (κ3) is 3.37. The van der Waals surface area contributed by atoms with Gasteiger partial charge in [0.05, 0.1) is 20.8 Å². The van der Waals surface area contributed by atoms with Crippen molar-refractivity contribution in [1.82, 2.24) is 4.98 Å². The van der Waals surface area contributed by atoms with Gasteiger partial charge >= 0.3 is 0 Å². The van der Waals surface area contributed by atoms with Crippen molar-refractivity contribution in [1.29, 1.82) is 0 Å². The van der Waals surface area contributed by atoms with Crippen LogP contribution in [0, 0.1) is 11.6 Å². The largest absolute Gasteiger partial charge is 0.322 e. The third-order valence-corrected chi connectivity index (χ3v) is 4.41. The predicted molar refractivity (Wildman–Crippen MR) is 87.9 cm³/mol. The van der Waals surface area contributed by atoms with Crippen LogP contribution in [0.5, 0.6) is 0 Å². The summed E-state index contributed by atoms with van der Waals surface area (Å²) in [6.45, 7) is 2.09. The molecular weight excluding hydrogens is 318 g/mol. The number of aryl methyl sites for hydroxylation is 1. The minimum Gasteiger partial charge on any atom is -0.322 e. The Morgan fingerprint density at radius 2 is 2.04 bits per heavy atom. The quantitative estimate of drug-likeness (QED) is 0.747. The smallest absolute Gasteiger partial charge is 0.258 e. The van der Waals surface area contributed by atoms with Gasteiger partial charge < -0.3 is 5.32 Å². The van der Waals surface area contributed by atoms with E-state index in [0.29, 0.717) is 5.69 Å². The van der Waals surface area contributed by atoms with Gasteiger partial charge in [-0.15, -0.1) is 11.3 Å². The summed E-state index contributed by atoms with van der Waals surface area (Å²) in [5, 5.41) is 3.64. The highest BCUT2D eigenvalue weighted by atomic mass is 32.1. The first-order valence-corrected chi connectivity index (χ1v) is 8.04. The first-order valence-electron chi connectivity index (χ1n) is 7.22. The van der Waals surface area contributed by atoms with E-state index in [0.717, 1.165) is 46.3 Å². The molecule has 23 heavy (non-hydrogen) atoms. The number of fused-ring (bicyclic) bond motifs is 1. The monoisotopic (exact) mass is 332 g/mol. The van der Waals surface area contributed by atoms with Gasteiger partial charge in [-0.25, -0.2) is 13.8 Å². The van der Waals surface area contributed by atoms with Gasteiger partial charge in [0, 0.05) is 5.69 Å². The van der Waals surface area contributed by atoms with Crippen LogP contribution in [0.3, 0.4) is 0 Å². The normalized spacial score (nSPS) is 10.9. The average molecular weight is 332 g/mol. The van der Waals surface area contributed by atoms with E-state index < -0.39 is 17.5 Å². The number of halogens is 2. The maximum atomic E-state index is 13.6. The topological polar surface area (TPSA) is 42.0 Å². The van der Waals surface area contributed by atoms with Crippen molar-refractivity contribution in [2.75, 3.05) is 5.32 Å². The maximum absolute atomic E-state index is 13.6. The van der Waals surface area contributed by atoms with E-state index in [2.05, 4.69) is 17.2 Å². The minimum atomic E-state index is -0.756. The van der Waals surface area contributed by atoms with Crippen LogP contribution in [0.25, 0.3) is 10.2 Å². The van der Waals surface area contributed by atoms with E-state index in [1.54, 1.807) is 23.5 Å². The molecule has 3 nitrogen and oxygen atoms in total. The van der Waals surface area contributed by atoms with Crippen molar-refractivity contribution >= 4 is 33.1 Å². The Morgan fingerprint density at radius 1 is 1.22 bits per heavy atom. The molecule has 0 unspecified atom stereocenters. The number of hydrogen-bond donors (Lipinski definition) is 1. The van der Waals surface area contributed by atoms with Gasteiger partial charge in [0.25, 0.3) is 5.91 Å². The molecule has 0 aliphatic carbocycles. The number of thiazole rings is 1. The second-order valence-electron chi connectivity index (χ2n) is 5.12.